The van der Waals surface area contributed by atoms with Crippen LogP contribution in [0, 0.1) is 0 Å². The zero-order valence-electron chi connectivity index (χ0n) is 40.3. The summed E-state index contributed by atoms with van der Waals surface area (Å²) in [6.07, 6.45) is -9.93. The summed E-state index contributed by atoms with van der Waals surface area (Å²) >= 11 is 0. The quantitative estimate of drug-likeness (QED) is 0.0551. The van der Waals surface area contributed by atoms with Gasteiger partial charge in [-0.05, 0) is 38.9 Å². The number of halogens is 1. The Bertz CT molecular complexity index is 2550. The lowest BCUT2D eigenvalue weighted by molar-refractivity contribution is -0.344. The summed E-state index contributed by atoms with van der Waals surface area (Å²) in [5.74, 6) is 0. The molecule has 2 heterocycles. The minimum Gasteiger partial charge on any atom is -0.374 e. The maximum Gasteiger partial charge on any atom is 0.228 e. The SMILES string of the molecule is F[C@@H]1O[C@H](CO[C@H]2O[C@H](COCc3ccccc3)[C@H](OCc3ccccc3)[C@H](OCc3ccccc3)[C@H]2OCc2ccccc2)[C@H](OCc2ccccc2)[C@H](OCc2ccccc2)[C@H]1OCc1ccccc1. The molecule has 7 aromatic carbocycles. The van der Waals surface area contributed by atoms with Gasteiger partial charge in [0, 0.05) is 0 Å². The maximum absolute atomic E-state index is 17.0. The van der Waals surface area contributed by atoms with E-state index in [1.807, 2.05) is 212 Å². The first kappa shape index (κ1) is 51.0. The largest absolute Gasteiger partial charge is 0.374 e. The molecule has 2 saturated heterocycles. The van der Waals surface area contributed by atoms with Crippen LogP contribution in [-0.2, 0) is 93.6 Å². The molecule has 0 radical (unpaired) electrons. The maximum atomic E-state index is 17.0. The first-order valence-electron chi connectivity index (χ1n) is 24.7. The summed E-state index contributed by atoms with van der Waals surface area (Å²) < 4.78 is 84.2. The van der Waals surface area contributed by atoms with Crippen LogP contribution >= 0.6 is 0 Å². The summed E-state index contributed by atoms with van der Waals surface area (Å²) in [5.41, 5.74) is 6.62. The smallest absolute Gasteiger partial charge is 0.228 e. The highest BCUT2D eigenvalue weighted by molar-refractivity contribution is 5.19. The van der Waals surface area contributed by atoms with Crippen molar-refractivity contribution in [1.29, 1.82) is 0 Å². The molecule has 0 unspecified atom stereocenters. The van der Waals surface area contributed by atoms with E-state index < -0.39 is 61.5 Å². The van der Waals surface area contributed by atoms with Gasteiger partial charge in [0.1, 0.15) is 48.8 Å². The van der Waals surface area contributed by atoms with Crippen molar-refractivity contribution in [2.75, 3.05) is 13.2 Å². The van der Waals surface area contributed by atoms with Crippen LogP contribution < -0.4 is 0 Å². The predicted octanol–water partition coefficient (Wildman–Crippen LogP) is 11.2. The van der Waals surface area contributed by atoms with Gasteiger partial charge in [-0.2, -0.15) is 0 Å². The molecule has 0 bridgehead atoms. The van der Waals surface area contributed by atoms with Crippen molar-refractivity contribution >= 4 is 0 Å². The number of benzene rings is 7. The Labute approximate surface area is 422 Å². The Morgan fingerprint density at radius 2 is 0.556 bits per heavy atom. The minimum absolute atomic E-state index is 0.134. The van der Waals surface area contributed by atoms with Gasteiger partial charge in [-0.3, -0.25) is 0 Å². The number of rotatable bonds is 25. The van der Waals surface area contributed by atoms with Crippen LogP contribution in [0.1, 0.15) is 38.9 Å². The fourth-order valence-electron chi connectivity index (χ4n) is 8.94. The second kappa shape index (κ2) is 27.2. The van der Waals surface area contributed by atoms with Crippen LogP contribution in [0.2, 0.25) is 0 Å². The highest BCUT2D eigenvalue weighted by Crippen LogP contribution is 2.35. The van der Waals surface area contributed by atoms with Crippen molar-refractivity contribution in [3.05, 3.63) is 251 Å². The Morgan fingerprint density at radius 3 is 0.917 bits per heavy atom. The molecule has 0 N–H and O–H groups in total. The second-order valence-electron chi connectivity index (χ2n) is 18.0. The molecular weight excluding hydrogens is 912 g/mol. The predicted molar refractivity (Wildman–Crippen MR) is 271 cm³/mol. The van der Waals surface area contributed by atoms with Crippen LogP contribution in [0.15, 0.2) is 212 Å². The Balaban J connectivity index is 1.04. The van der Waals surface area contributed by atoms with E-state index in [1.54, 1.807) is 0 Å². The van der Waals surface area contributed by atoms with Gasteiger partial charge < -0.3 is 47.4 Å². The molecule has 0 saturated carbocycles. The van der Waals surface area contributed by atoms with Gasteiger partial charge in [0.2, 0.25) is 6.36 Å². The van der Waals surface area contributed by atoms with Crippen molar-refractivity contribution in [2.24, 2.45) is 0 Å². The molecule has 11 heteroatoms. The van der Waals surface area contributed by atoms with Crippen LogP contribution in [0.4, 0.5) is 4.39 Å². The second-order valence-corrected chi connectivity index (χ2v) is 18.0. The van der Waals surface area contributed by atoms with Crippen molar-refractivity contribution in [1.82, 2.24) is 0 Å². The Kier molecular flexibility index (Phi) is 19.3. The van der Waals surface area contributed by atoms with E-state index in [1.165, 1.54) is 0 Å². The molecule has 72 heavy (non-hydrogen) atoms. The monoisotopic (exact) mass is 974 g/mol. The van der Waals surface area contributed by atoms with Gasteiger partial charge >= 0.3 is 0 Å². The summed E-state index contributed by atoms with van der Waals surface area (Å²) in [7, 11) is 0. The minimum atomic E-state index is -1.91. The van der Waals surface area contributed by atoms with Gasteiger partial charge in [0.25, 0.3) is 0 Å². The van der Waals surface area contributed by atoms with Gasteiger partial charge in [0.05, 0.1) is 59.5 Å². The van der Waals surface area contributed by atoms with Crippen LogP contribution in [0.3, 0.4) is 0 Å². The standard InChI is InChI=1S/C61H63FO10/c62-60-58(68-41-50-32-18-6-19-33-50)56(66-39-48-28-14-4-15-29-48)55(65-38-47-26-12-3-13-27-47)53(71-60)44-70-61-59(69-42-51-34-20-7-21-35-51)57(67-40-49-30-16-5-17-31-49)54(64-37-46-24-10-2-11-25-46)52(72-61)43-63-36-45-22-8-1-9-23-45/h1-35,52-61H,36-44H2/t52-,53-,54+,55+,56+,57+,58-,59-,60-,61+/m1/s1. The molecule has 2 fully saturated rings. The highest BCUT2D eigenvalue weighted by atomic mass is 19.1. The Morgan fingerprint density at radius 1 is 0.278 bits per heavy atom. The highest BCUT2D eigenvalue weighted by Gasteiger charge is 2.52. The molecule has 7 aromatic rings. The zero-order valence-corrected chi connectivity index (χ0v) is 40.3. The van der Waals surface area contributed by atoms with E-state index in [0.717, 1.165) is 38.9 Å². The molecule has 2 aliphatic rings. The van der Waals surface area contributed by atoms with Gasteiger partial charge in [-0.25, -0.2) is 4.39 Å². The lowest BCUT2D eigenvalue weighted by Gasteiger charge is -2.47. The number of alkyl halides is 1. The summed E-state index contributed by atoms with van der Waals surface area (Å²) in [5, 5.41) is 0. The molecule has 0 spiro atoms. The summed E-state index contributed by atoms with van der Waals surface area (Å²) in [6, 6.07) is 69.0. The lowest BCUT2D eigenvalue weighted by atomic mass is 9.97. The summed E-state index contributed by atoms with van der Waals surface area (Å²) in [6.45, 7) is 1.55. The topological polar surface area (TPSA) is 92.3 Å². The molecule has 0 aromatic heterocycles. The average molecular weight is 975 g/mol. The molecule has 0 aliphatic carbocycles. The third kappa shape index (κ3) is 14.8. The van der Waals surface area contributed by atoms with Crippen molar-refractivity contribution in [2.45, 2.75) is 108 Å². The first-order valence-corrected chi connectivity index (χ1v) is 24.7. The number of hydrogen-bond acceptors (Lipinski definition) is 10. The molecular formula is C61H63FO10. The third-order valence-corrected chi connectivity index (χ3v) is 12.7. The van der Waals surface area contributed by atoms with Crippen molar-refractivity contribution < 1.29 is 51.8 Å². The molecule has 374 valence electrons. The van der Waals surface area contributed by atoms with Gasteiger partial charge in [-0.1, -0.05) is 212 Å². The average Bonchev–Trinajstić information content (AvgIpc) is 3.44. The first-order chi connectivity index (χ1) is 35.6. The normalized spacial score (nSPS) is 24.2. The molecule has 2 aliphatic heterocycles. The molecule has 9 rings (SSSR count). The van der Waals surface area contributed by atoms with E-state index in [0.29, 0.717) is 6.61 Å². The van der Waals surface area contributed by atoms with E-state index >= 15 is 4.39 Å². The molecule has 10 nitrogen and oxygen atoms in total. The van der Waals surface area contributed by atoms with E-state index in [2.05, 4.69) is 0 Å². The Hall–Kier alpha value is -5.93. The van der Waals surface area contributed by atoms with Gasteiger partial charge in [-0.15, -0.1) is 0 Å². The van der Waals surface area contributed by atoms with Crippen molar-refractivity contribution in [3.63, 3.8) is 0 Å². The number of ether oxygens (including phenoxy) is 10. The molecule has 0 amide bonds. The zero-order chi connectivity index (χ0) is 49.0. The van der Waals surface area contributed by atoms with E-state index in [4.69, 9.17) is 47.4 Å². The van der Waals surface area contributed by atoms with Crippen molar-refractivity contribution in [3.8, 4) is 0 Å². The van der Waals surface area contributed by atoms with Crippen LogP contribution in [-0.4, -0.2) is 74.7 Å². The fourth-order valence-corrected chi connectivity index (χ4v) is 8.94. The fraction of sp³-hybridized carbons (Fsp3) is 0.311. The van der Waals surface area contributed by atoms with Gasteiger partial charge in [0.15, 0.2) is 6.29 Å². The molecule has 10 atom stereocenters. The lowest BCUT2D eigenvalue weighted by Crippen LogP contribution is -2.63. The van der Waals surface area contributed by atoms with E-state index in [9.17, 15) is 0 Å². The van der Waals surface area contributed by atoms with Crippen LogP contribution in [0.5, 0.6) is 0 Å². The van der Waals surface area contributed by atoms with Crippen LogP contribution in [0.25, 0.3) is 0 Å². The summed E-state index contributed by atoms with van der Waals surface area (Å²) in [4.78, 5) is 0. The van der Waals surface area contributed by atoms with E-state index in [-0.39, 0.29) is 52.9 Å². The number of hydrogen-bond donors (Lipinski definition) is 0. The third-order valence-electron chi connectivity index (χ3n) is 12.7.